The number of hydrogen-bond donors (Lipinski definition) is 1. The van der Waals surface area contributed by atoms with Crippen LogP contribution in [0.5, 0.6) is 0 Å². The van der Waals surface area contributed by atoms with Gasteiger partial charge in [0.25, 0.3) is 5.56 Å². The largest absolute Gasteiger partial charge is 0.360 e. The minimum atomic E-state index is -0.425. The molecule has 5 nitrogen and oxygen atoms in total. The lowest BCUT2D eigenvalue weighted by atomic mass is 10.3. The van der Waals surface area contributed by atoms with Crippen LogP contribution in [-0.4, -0.2) is 27.7 Å². The summed E-state index contributed by atoms with van der Waals surface area (Å²) in [5, 5.41) is 0. The molecule has 0 aliphatic carbocycles. The van der Waals surface area contributed by atoms with E-state index in [1.165, 1.54) is 30.0 Å². The van der Waals surface area contributed by atoms with Gasteiger partial charge in [-0.3, -0.25) is 14.3 Å². The highest BCUT2D eigenvalue weighted by Gasteiger charge is 2.00. The number of hydrogen-bond acceptors (Lipinski definition) is 4. The van der Waals surface area contributed by atoms with Crippen LogP contribution in [0, 0.1) is 6.92 Å². The van der Waals surface area contributed by atoms with Gasteiger partial charge in [0.1, 0.15) is 6.73 Å². The molecule has 0 spiro atoms. The Balaban J connectivity index is 2.21. The van der Waals surface area contributed by atoms with E-state index in [1.54, 1.807) is 6.92 Å². The lowest BCUT2D eigenvalue weighted by Crippen LogP contribution is -2.31. The van der Waals surface area contributed by atoms with Gasteiger partial charge in [0.2, 0.25) is 0 Å². The maximum absolute atomic E-state index is 11.5. The summed E-state index contributed by atoms with van der Waals surface area (Å²) in [6.45, 7) is 4.66. The zero-order chi connectivity index (χ0) is 14.1. The van der Waals surface area contributed by atoms with E-state index in [0.29, 0.717) is 12.2 Å². The first-order valence-corrected chi connectivity index (χ1v) is 7.76. The van der Waals surface area contributed by atoms with Crippen molar-refractivity contribution in [3.8, 4) is 0 Å². The second-order valence-electron chi connectivity index (χ2n) is 4.40. The zero-order valence-corrected chi connectivity index (χ0v) is 12.4. The molecule has 0 atom stereocenters. The Morgan fingerprint density at radius 3 is 2.84 bits per heavy atom. The smallest absolute Gasteiger partial charge is 0.330 e. The zero-order valence-electron chi connectivity index (χ0n) is 11.6. The van der Waals surface area contributed by atoms with Crippen LogP contribution in [0.3, 0.4) is 0 Å². The molecule has 0 aliphatic heterocycles. The van der Waals surface area contributed by atoms with Crippen LogP contribution in [-0.2, 0) is 11.5 Å². The second kappa shape index (κ2) is 8.98. The molecule has 0 unspecified atom stereocenters. The Bertz CT molecular complexity index is 482. The molecular weight excluding hydrogens is 264 g/mol. The van der Waals surface area contributed by atoms with Crippen LogP contribution < -0.4 is 11.2 Å². The number of ether oxygens (including phenoxy) is 1. The molecular formula is C13H22N2O3S. The van der Waals surface area contributed by atoms with Gasteiger partial charge in [0.05, 0.1) is 6.61 Å². The predicted molar refractivity (Wildman–Crippen MR) is 78.9 cm³/mol. The van der Waals surface area contributed by atoms with Gasteiger partial charge in [0, 0.05) is 17.5 Å². The molecule has 19 heavy (non-hydrogen) atoms. The summed E-state index contributed by atoms with van der Waals surface area (Å²) in [5.74, 6) is 2.09. The van der Waals surface area contributed by atoms with E-state index in [9.17, 15) is 9.59 Å². The van der Waals surface area contributed by atoms with Gasteiger partial charge in [0.15, 0.2) is 0 Å². The molecule has 1 aromatic rings. The van der Waals surface area contributed by atoms with Crippen LogP contribution in [0.1, 0.15) is 31.7 Å². The third kappa shape index (κ3) is 6.11. The molecule has 0 saturated carbocycles. The summed E-state index contributed by atoms with van der Waals surface area (Å²) < 4.78 is 6.80. The van der Waals surface area contributed by atoms with Gasteiger partial charge in [-0.25, -0.2) is 4.79 Å². The number of nitrogens with one attached hydrogen (secondary N) is 1. The summed E-state index contributed by atoms with van der Waals surface area (Å²) >= 11 is 1.87. The third-order valence-corrected chi connectivity index (χ3v) is 3.72. The van der Waals surface area contributed by atoms with Crippen LogP contribution in [0.15, 0.2) is 15.8 Å². The molecule has 1 rings (SSSR count). The Labute approximate surface area is 117 Å². The highest BCUT2D eigenvalue weighted by atomic mass is 32.2. The van der Waals surface area contributed by atoms with Gasteiger partial charge >= 0.3 is 5.69 Å². The van der Waals surface area contributed by atoms with Crippen molar-refractivity contribution in [1.82, 2.24) is 9.55 Å². The summed E-state index contributed by atoms with van der Waals surface area (Å²) in [5.41, 5.74) is -0.254. The molecule has 0 saturated heterocycles. The van der Waals surface area contributed by atoms with Crippen molar-refractivity contribution < 1.29 is 4.74 Å². The maximum Gasteiger partial charge on any atom is 0.330 e. The lowest BCUT2D eigenvalue weighted by Gasteiger charge is -2.07. The summed E-state index contributed by atoms with van der Waals surface area (Å²) in [6, 6.07) is 0. The SMILES string of the molecule is CCCCCSCCOCn1cc(C)c(=O)[nH]c1=O. The number of aromatic nitrogens is 2. The van der Waals surface area contributed by atoms with Crippen LogP contribution in [0.2, 0.25) is 0 Å². The molecule has 0 aromatic carbocycles. The summed E-state index contributed by atoms with van der Waals surface area (Å²) in [4.78, 5) is 24.9. The van der Waals surface area contributed by atoms with Gasteiger partial charge < -0.3 is 4.74 Å². The second-order valence-corrected chi connectivity index (χ2v) is 5.62. The average molecular weight is 286 g/mol. The van der Waals surface area contributed by atoms with Gasteiger partial charge in [-0.05, 0) is 19.1 Å². The molecule has 6 heteroatoms. The van der Waals surface area contributed by atoms with E-state index in [4.69, 9.17) is 4.74 Å². The molecule has 0 aliphatic rings. The minimum absolute atomic E-state index is 0.186. The summed E-state index contributed by atoms with van der Waals surface area (Å²) in [7, 11) is 0. The first-order valence-electron chi connectivity index (χ1n) is 6.61. The van der Waals surface area contributed by atoms with Crippen LogP contribution in [0.4, 0.5) is 0 Å². The standard InChI is InChI=1S/C13H22N2O3S/c1-3-4-5-7-19-8-6-18-10-15-9-11(2)12(16)14-13(15)17/h9H,3-8,10H2,1-2H3,(H,14,16,17). The predicted octanol–water partition coefficient (Wildman–Crippen LogP) is 1.74. The Kier molecular flexibility index (Phi) is 7.59. The minimum Gasteiger partial charge on any atom is -0.360 e. The Morgan fingerprint density at radius 1 is 1.32 bits per heavy atom. The van der Waals surface area contributed by atoms with Gasteiger partial charge in [-0.15, -0.1) is 0 Å². The van der Waals surface area contributed by atoms with E-state index < -0.39 is 5.69 Å². The van der Waals surface area contributed by atoms with Crippen molar-refractivity contribution in [3.05, 3.63) is 32.6 Å². The van der Waals surface area contributed by atoms with Crippen molar-refractivity contribution >= 4 is 11.8 Å². The fourth-order valence-corrected chi connectivity index (χ4v) is 2.40. The number of nitrogens with zero attached hydrogens (tertiary/aromatic N) is 1. The van der Waals surface area contributed by atoms with Crippen LogP contribution in [0.25, 0.3) is 0 Å². The number of unbranched alkanes of at least 4 members (excludes halogenated alkanes) is 2. The number of H-pyrrole nitrogens is 1. The molecule has 1 heterocycles. The molecule has 1 aromatic heterocycles. The molecule has 0 fully saturated rings. The average Bonchev–Trinajstić information content (AvgIpc) is 2.38. The third-order valence-electron chi connectivity index (χ3n) is 2.68. The van der Waals surface area contributed by atoms with Crippen molar-refractivity contribution in [2.24, 2.45) is 0 Å². The first kappa shape index (κ1) is 16.0. The van der Waals surface area contributed by atoms with E-state index in [-0.39, 0.29) is 12.3 Å². The van der Waals surface area contributed by atoms with Crippen molar-refractivity contribution in [1.29, 1.82) is 0 Å². The first-order chi connectivity index (χ1) is 9.15. The topological polar surface area (TPSA) is 64.1 Å². The Hall–Kier alpha value is -1.01. The molecule has 108 valence electrons. The van der Waals surface area contributed by atoms with Crippen molar-refractivity contribution in [2.75, 3.05) is 18.1 Å². The van der Waals surface area contributed by atoms with Crippen LogP contribution >= 0.6 is 11.8 Å². The summed E-state index contributed by atoms with van der Waals surface area (Å²) in [6.07, 6.45) is 5.29. The Morgan fingerprint density at radius 2 is 2.11 bits per heavy atom. The fraction of sp³-hybridized carbons (Fsp3) is 0.692. The molecule has 0 radical (unpaired) electrons. The van der Waals surface area contributed by atoms with Gasteiger partial charge in [-0.1, -0.05) is 19.8 Å². The quantitative estimate of drug-likeness (QED) is 0.702. The number of aromatic amines is 1. The number of thioether (sulfide) groups is 1. The maximum atomic E-state index is 11.5. The number of rotatable bonds is 9. The van der Waals surface area contributed by atoms with Crippen molar-refractivity contribution in [3.63, 3.8) is 0 Å². The fourth-order valence-electron chi connectivity index (χ4n) is 1.55. The molecule has 0 bridgehead atoms. The highest BCUT2D eigenvalue weighted by Crippen LogP contribution is 2.05. The van der Waals surface area contributed by atoms with E-state index in [2.05, 4.69) is 11.9 Å². The van der Waals surface area contributed by atoms with Gasteiger partial charge in [-0.2, -0.15) is 11.8 Å². The van der Waals surface area contributed by atoms with E-state index in [0.717, 1.165) is 11.5 Å². The molecule has 1 N–H and O–H groups in total. The molecule has 0 amide bonds. The van der Waals surface area contributed by atoms with E-state index in [1.807, 2.05) is 11.8 Å². The normalized spacial score (nSPS) is 10.8. The number of aryl methyl sites for hydroxylation is 1. The van der Waals surface area contributed by atoms with E-state index >= 15 is 0 Å². The highest BCUT2D eigenvalue weighted by molar-refractivity contribution is 7.99. The monoisotopic (exact) mass is 286 g/mol. The lowest BCUT2D eigenvalue weighted by molar-refractivity contribution is 0.0862. The van der Waals surface area contributed by atoms with Crippen molar-refractivity contribution in [2.45, 2.75) is 39.8 Å².